The van der Waals surface area contributed by atoms with Crippen LogP contribution in [-0.2, 0) is 9.84 Å². The zero-order chi connectivity index (χ0) is 7.94. The Labute approximate surface area is 68.6 Å². The Balaban J connectivity index is 1.66. The van der Waals surface area contributed by atoms with Crippen LogP contribution in [0.2, 0.25) is 0 Å². The van der Waals surface area contributed by atoms with E-state index in [1.54, 1.807) is 0 Å². The molecule has 1 fully saturated rings. The molecule has 0 amide bonds. The molecule has 65 valence electrons. The van der Waals surface area contributed by atoms with Crippen LogP contribution in [0.25, 0.3) is 0 Å². The van der Waals surface area contributed by atoms with Gasteiger partial charge in [0.25, 0.3) is 0 Å². The van der Waals surface area contributed by atoms with E-state index < -0.39 is 0 Å². The van der Waals surface area contributed by atoms with Gasteiger partial charge in [0.15, 0.2) is 0 Å². The fourth-order valence-electron chi connectivity index (χ4n) is 1.02. The molecule has 0 N–H and O–H groups in total. The number of hydrogen-bond acceptors (Lipinski definition) is 1. The van der Waals surface area contributed by atoms with Crippen molar-refractivity contribution in [2.24, 2.45) is 5.92 Å². The Hall–Kier alpha value is -0.0800. The summed E-state index contributed by atoms with van der Waals surface area (Å²) in [6.45, 7) is 1.89. The van der Waals surface area contributed by atoms with Gasteiger partial charge >= 0.3 is 0 Å². The van der Waals surface area contributed by atoms with Gasteiger partial charge in [-0.05, 0) is 38.0 Å². The zero-order valence-electron chi connectivity index (χ0n) is 7.05. The Morgan fingerprint density at radius 1 is 1.18 bits per heavy atom. The summed E-state index contributed by atoms with van der Waals surface area (Å²) in [5, 5.41) is 10.0. The lowest BCUT2D eigenvalue weighted by atomic mass is 10.2. The van der Waals surface area contributed by atoms with E-state index in [4.69, 9.17) is 4.74 Å². The number of ether oxygens (including phenoxy) is 1. The molecule has 0 heterocycles. The number of hydrogen-bond donors (Lipinski definition) is 0. The minimum Gasteiger partial charge on any atom is -0.381 e. The summed E-state index contributed by atoms with van der Waals surface area (Å²) in [5.41, 5.74) is 0. The zero-order valence-corrected chi connectivity index (χ0v) is 7.05. The van der Waals surface area contributed by atoms with Crippen molar-refractivity contribution in [1.29, 1.82) is 0 Å². The smallest absolute Gasteiger partial charge is 0.0822 e. The molecule has 1 aliphatic rings. The van der Waals surface area contributed by atoms with Crippen molar-refractivity contribution in [3.05, 3.63) is 0 Å². The normalized spacial score (nSPS) is 17.2. The summed E-state index contributed by atoms with van der Waals surface area (Å²) in [5.74, 6) is 0.870. The molecule has 0 spiro atoms. The van der Waals surface area contributed by atoms with Gasteiger partial charge in [-0.15, -0.1) is 0 Å². The van der Waals surface area contributed by atoms with E-state index >= 15 is 0 Å². The van der Waals surface area contributed by atoms with Gasteiger partial charge < -0.3 is 4.74 Å². The molecule has 0 saturated heterocycles. The second kappa shape index (κ2) is 5.56. The second-order valence-electron chi connectivity index (χ2n) is 3.28. The Bertz CT molecular complexity index is 89.6. The van der Waals surface area contributed by atoms with Crippen molar-refractivity contribution >= 4 is 0 Å². The van der Waals surface area contributed by atoms with Crippen molar-refractivity contribution in [3.8, 4) is 0 Å². The van der Waals surface area contributed by atoms with E-state index in [2.05, 4.69) is 0 Å². The molecular formula is C9H17O2. The first-order chi connectivity index (χ1) is 5.43. The van der Waals surface area contributed by atoms with Crippen LogP contribution in [0, 0.1) is 5.92 Å². The van der Waals surface area contributed by atoms with Gasteiger partial charge in [-0.3, -0.25) is 0 Å². The third-order valence-corrected chi connectivity index (χ3v) is 1.98. The average Bonchev–Trinajstić information content (AvgIpc) is 2.80. The molecular weight excluding hydrogens is 140 g/mol. The van der Waals surface area contributed by atoms with Gasteiger partial charge in [-0.1, -0.05) is 0 Å². The molecule has 2 nitrogen and oxygen atoms in total. The summed E-state index contributed by atoms with van der Waals surface area (Å²) in [6.07, 6.45) is 5.64. The Morgan fingerprint density at radius 3 is 2.64 bits per heavy atom. The largest absolute Gasteiger partial charge is 0.381 e. The van der Waals surface area contributed by atoms with Gasteiger partial charge in [-0.25, -0.2) is 5.11 Å². The van der Waals surface area contributed by atoms with Crippen LogP contribution < -0.4 is 0 Å². The third kappa shape index (κ3) is 5.22. The van der Waals surface area contributed by atoms with Crippen molar-refractivity contribution < 1.29 is 9.84 Å². The highest BCUT2D eigenvalue weighted by Crippen LogP contribution is 2.28. The molecule has 0 unspecified atom stereocenters. The van der Waals surface area contributed by atoms with E-state index in [0.717, 1.165) is 38.4 Å². The predicted octanol–water partition coefficient (Wildman–Crippen LogP) is 2.01. The lowest BCUT2D eigenvalue weighted by Gasteiger charge is -2.00. The maximum absolute atomic E-state index is 10.0. The lowest BCUT2D eigenvalue weighted by Crippen LogP contribution is -1.98. The van der Waals surface area contributed by atoms with Crippen molar-refractivity contribution in [2.45, 2.75) is 32.1 Å². The molecule has 1 rings (SSSR count). The summed E-state index contributed by atoms with van der Waals surface area (Å²) >= 11 is 0. The van der Waals surface area contributed by atoms with Crippen LogP contribution in [-0.4, -0.2) is 19.8 Å². The molecule has 0 bridgehead atoms. The first-order valence-electron chi connectivity index (χ1n) is 4.59. The summed E-state index contributed by atoms with van der Waals surface area (Å²) in [6, 6.07) is 0. The summed E-state index contributed by atoms with van der Waals surface area (Å²) < 4.78 is 5.40. The molecule has 2 heteroatoms. The fraction of sp³-hybridized carbons (Fsp3) is 1.00. The molecule has 11 heavy (non-hydrogen) atoms. The minimum atomic E-state index is 0.0720. The highest BCUT2D eigenvalue weighted by molar-refractivity contribution is 4.71. The molecule has 1 radical (unpaired) electrons. The maximum Gasteiger partial charge on any atom is 0.0822 e. The van der Waals surface area contributed by atoms with Crippen molar-refractivity contribution in [1.82, 2.24) is 0 Å². The van der Waals surface area contributed by atoms with Gasteiger partial charge in [-0.2, -0.15) is 0 Å². The SMILES string of the molecule is [O]CCCCCOCC1CC1. The van der Waals surface area contributed by atoms with Crippen LogP contribution in [0.15, 0.2) is 0 Å². The summed E-state index contributed by atoms with van der Waals surface area (Å²) in [4.78, 5) is 0. The number of unbranched alkanes of at least 4 members (excludes halogenated alkanes) is 2. The quantitative estimate of drug-likeness (QED) is 0.520. The molecule has 1 saturated carbocycles. The second-order valence-corrected chi connectivity index (χ2v) is 3.28. The van der Waals surface area contributed by atoms with Gasteiger partial charge in [0.05, 0.1) is 6.61 Å². The molecule has 0 aromatic carbocycles. The van der Waals surface area contributed by atoms with Crippen molar-refractivity contribution in [2.75, 3.05) is 19.8 Å². The molecule has 0 aromatic heterocycles. The van der Waals surface area contributed by atoms with E-state index in [1.807, 2.05) is 0 Å². The Kier molecular flexibility index (Phi) is 4.55. The van der Waals surface area contributed by atoms with E-state index in [0.29, 0.717) is 0 Å². The highest BCUT2D eigenvalue weighted by Gasteiger charge is 2.20. The van der Waals surface area contributed by atoms with Crippen LogP contribution in [0.1, 0.15) is 32.1 Å². The maximum atomic E-state index is 10.0. The molecule has 1 aliphatic carbocycles. The van der Waals surface area contributed by atoms with Gasteiger partial charge in [0.1, 0.15) is 0 Å². The fourth-order valence-corrected chi connectivity index (χ4v) is 1.02. The van der Waals surface area contributed by atoms with E-state index in [9.17, 15) is 5.11 Å². The van der Waals surface area contributed by atoms with E-state index in [-0.39, 0.29) is 6.61 Å². The third-order valence-electron chi connectivity index (χ3n) is 1.98. The van der Waals surface area contributed by atoms with Crippen LogP contribution >= 0.6 is 0 Å². The summed E-state index contributed by atoms with van der Waals surface area (Å²) in [7, 11) is 0. The van der Waals surface area contributed by atoms with Crippen LogP contribution in [0.4, 0.5) is 0 Å². The lowest BCUT2D eigenvalue weighted by molar-refractivity contribution is 0.116. The number of rotatable bonds is 7. The molecule has 0 aromatic rings. The minimum absolute atomic E-state index is 0.0720. The highest BCUT2D eigenvalue weighted by atomic mass is 16.5. The topological polar surface area (TPSA) is 29.1 Å². The standard InChI is InChI=1S/C9H17O2/c10-6-2-1-3-7-11-8-9-4-5-9/h9H,1-8H2. The first kappa shape index (κ1) is 9.01. The van der Waals surface area contributed by atoms with Crippen LogP contribution in [0.3, 0.4) is 0 Å². The molecule has 0 atom stereocenters. The van der Waals surface area contributed by atoms with E-state index in [1.165, 1.54) is 12.8 Å². The molecule has 0 aliphatic heterocycles. The van der Waals surface area contributed by atoms with Crippen LogP contribution in [0.5, 0.6) is 0 Å². The predicted molar refractivity (Wildman–Crippen MR) is 42.9 cm³/mol. The average molecular weight is 157 g/mol. The first-order valence-corrected chi connectivity index (χ1v) is 4.59. The Morgan fingerprint density at radius 2 is 2.00 bits per heavy atom. The van der Waals surface area contributed by atoms with Gasteiger partial charge in [0, 0.05) is 13.2 Å². The monoisotopic (exact) mass is 157 g/mol. The van der Waals surface area contributed by atoms with Crippen molar-refractivity contribution in [3.63, 3.8) is 0 Å². The van der Waals surface area contributed by atoms with Gasteiger partial charge in [0.2, 0.25) is 0 Å².